The minimum absolute atomic E-state index is 0.00116. The van der Waals surface area contributed by atoms with Crippen molar-refractivity contribution in [2.45, 2.75) is 49.9 Å². The number of aromatic nitrogens is 1. The summed E-state index contributed by atoms with van der Waals surface area (Å²) in [6.07, 6.45) is 2.78. The molecule has 1 aliphatic rings. The van der Waals surface area contributed by atoms with Gasteiger partial charge in [0.15, 0.2) is 0 Å². The Balaban J connectivity index is 2.18. The fraction of sp³-hybridized carbons (Fsp3) is 0.533. The number of carbonyl (C=O) groups excluding carboxylic acids is 2. The van der Waals surface area contributed by atoms with Crippen LogP contribution in [-0.4, -0.2) is 34.6 Å². The van der Waals surface area contributed by atoms with E-state index in [-0.39, 0.29) is 24.3 Å². The number of carbonyl (C=O) groups is 2. The first-order valence-corrected chi connectivity index (χ1v) is 8.13. The van der Waals surface area contributed by atoms with Crippen LogP contribution in [-0.2, 0) is 9.59 Å². The van der Waals surface area contributed by atoms with E-state index in [2.05, 4.69) is 10.3 Å². The highest BCUT2D eigenvalue weighted by Gasteiger charge is 2.35. The van der Waals surface area contributed by atoms with Crippen molar-refractivity contribution < 1.29 is 9.59 Å². The van der Waals surface area contributed by atoms with Crippen molar-refractivity contribution >= 4 is 29.3 Å². The van der Waals surface area contributed by atoms with Gasteiger partial charge in [-0.05, 0) is 32.4 Å². The van der Waals surface area contributed by atoms with Crippen LogP contribution in [0, 0.1) is 0 Å². The largest absolute Gasteiger partial charge is 0.354 e. The van der Waals surface area contributed by atoms with Crippen molar-refractivity contribution in [3.8, 4) is 0 Å². The lowest BCUT2D eigenvalue weighted by Gasteiger charge is -2.32. The molecule has 6 heteroatoms. The van der Waals surface area contributed by atoms with E-state index in [1.165, 1.54) is 11.8 Å². The molecule has 1 aromatic rings. The number of amides is 2. The second-order valence-corrected chi connectivity index (χ2v) is 6.54. The zero-order valence-corrected chi connectivity index (χ0v) is 13.4. The summed E-state index contributed by atoms with van der Waals surface area (Å²) in [6, 6.07) is 3.83. The van der Waals surface area contributed by atoms with Gasteiger partial charge in [-0.2, -0.15) is 0 Å². The van der Waals surface area contributed by atoms with Crippen LogP contribution in [0.25, 0.3) is 0 Å². The van der Waals surface area contributed by atoms with Gasteiger partial charge in [0.1, 0.15) is 5.03 Å². The molecule has 21 heavy (non-hydrogen) atoms. The monoisotopic (exact) mass is 307 g/mol. The number of pyridine rings is 1. The number of fused-ring (bicyclic) bond motifs is 1. The molecule has 0 bridgehead atoms. The summed E-state index contributed by atoms with van der Waals surface area (Å²) in [7, 11) is 0. The fourth-order valence-electron chi connectivity index (χ4n) is 2.29. The quantitative estimate of drug-likeness (QED) is 0.906. The van der Waals surface area contributed by atoms with E-state index in [0.717, 1.165) is 17.1 Å². The molecule has 1 aromatic heterocycles. The average molecular weight is 307 g/mol. The van der Waals surface area contributed by atoms with E-state index in [1.807, 2.05) is 32.9 Å². The number of nitrogens with one attached hydrogen (secondary N) is 1. The fourth-order valence-corrected chi connectivity index (χ4v) is 3.44. The first-order chi connectivity index (χ1) is 10.0. The highest BCUT2D eigenvalue weighted by molar-refractivity contribution is 8.00. The lowest BCUT2D eigenvalue weighted by molar-refractivity contribution is -0.125. The molecule has 0 unspecified atom stereocenters. The van der Waals surface area contributed by atoms with Gasteiger partial charge < -0.3 is 10.2 Å². The molecule has 0 fully saturated rings. The van der Waals surface area contributed by atoms with Crippen LogP contribution >= 0.6 is 11.8 Å². The molecule has 0 aromatic carbocycles. The van der Waals surface area contributed by atoms with Crippen LogP contribution in [0.5, 0.6) is 0 Å². The van der Waals surface area contributed by atoms with Gasteiger partial charge >= 0.3 is 0 Å². The van der Waals surface area contributed by atoms with Gasteiger partial charge in [0.2, 0.25) is 11.8 Å². The van der Waals surface area contributed by atoms with Crippen molar-refractivity contribution in [1.82, 2.24) is 10.3 Å². The third-order valence-corrected chi connectivity index (χ3v) is 4.30. The number of anilines is 1. The maximum atomic E-state index is 12.6. The molecule has 1 atom stereocenters. The van der Waals surface area contributed by atoms with Crippen LogP contribution < -0.4 is 10.2 Å². The molecular formula is C15H21N3O2S. The standard InChI is InChI=1S/C15H21N3O2S/c1-4-8-18-11-6-5-7-16-14(11)21-12(15(18)20)9-13(19)17-10(2)3/h5-7,10,12H,4,8-9H2,1-3H3,(H,17,19)/t12-/m0/s1. The first kappa shape index (κ1) is 15.8. The van der Waals surface area contributed by atoms with E-state index in [1.54, 1.807) is 11.1 Å². The van der Waals surface area contributed by atoms with Gasteiger partial charge in [-0.3, -0.25) is 9.59 Å². The van der Waals surface area contributed by atoms with Crippen molar-refractivity contribution in [2.24, 2.45) is 0 Å². The molecule has 2 rings (SSSR count). The molecule has 0 saturated carbocycles. The van der Waals surface area contributed by atoms with Crippen LogP contribution in [0.15, 0.2) is 23.4 Å². The molecule has 2 amide bonds. The molecule has 114 valence electrons. The number of hydrogen-bond donors (Lipinski definition) is 1. The minimum atomic E-state index is -0.391. The third kappa shape index (κ3) is 3.75. The summed E-state index contributed by atoms with van der Waals surface area (Å²) in [5.41, 5.74) is 0.856. The third-order valence-electron chi connectivity index (χ3n) is 3.10. The Labute approximate surface area is 129 Å². The van der Waals surface area contributed by atoms with Crippen LogP contribution in [0.1, 0.15) is 33.6 Å². The highest BCUT2D eigenvalue weighted by Crippen LogP contribution is 2.38. The molecule has 0 aliphatic carbocycles. The van der Waals surface area contributed by atoms with Gasteiger partial charge in [0, 0.05) is 25.2 Å². The van der Waals surface area contributed by atoms with E-state index in [9.17, 15) is 9.59 Å². The Kier molecular flexibility index (Phi) is 5.22. The zero-order valence-electron chi connectivity index (χ0n) is 12.6. The van der Waals surface area contributed by atoms with Crippen LogP contribution in [0.3, 0.4) is 0 Å². The maximum absolute atomic E-state index is 12.6. The van der Waals surface area contributed by atoms with Crippen molar-refractivity contribution in [2.75, 3.05) is 11.4 Å². The highest BCUT2D eigenvalue weighted by atomic mass is 32.2. The normalized spacial score (nSPS) is 17.8. The summed E-state index contributed by atoms with van der Waals surface area (Å²) in [5.74, 6) is -0.0899. The molecule has 0 saturated heterocycles. The lowest BCUT2D eigenvalue weighted by atomic mass is 10.2. The van der Waals surface area contributed by atoms with Crippen molar-refractivity contribution in [1.29, 1.82) is 0 Å². The number of hydrogen-bond acceptors (Lipinski definition) is 4. The Bertz CT molecular complexity index is 533. The van der Waals surface area contributed by atoms with E-state index < -0.39 is 5.25 Å². The predicted molar refractivity (Wildman–Crippen MR) is 84.4 cm³/mol. The second-order valence-electron chi connectivity index (χ2n) is 5.35. The summed E-state index contributed by atoms with van der Waals surface area (Å²) in [4.78, 5) is 30.6. The molecule has 5 nitrogen and oxygen atoms in total. The Hall–Kier alpha value is -1.56. The number of nitrogens with zero attached hydrogens (tertiary/aromatic N) is 2. The lowest BCUT2D eigenvalue weighted by Crippen LogP contribution is -2.44. The minimum Gasteiger partial charge on any atom is -0.354 e. The van der Waals surface area contributed by atoms with Gasteiger partial charge in [-0.15, -0.1) is 0 Å². The molecule has 0 radical (unpaired) electrons. The predicted octanol–water partition coefficient (Wildman–Crippen LogP) is 2.21. The summed E-state index contributed by atoms with van der Waals surface area (Å²) < 4.78 is 0. The van der Waals surface area contributed by atoms with Gasteiger partial charge in [-0.25, -0.2) is 4.98 Å². The molecule has 1 aliphatic heterocycles. The SMILES string of the molecule is CCCN1C(=O)[C@H](CC(=O)NC(C)C)Sc2ncccc21. The summed E-state index contributed by atoms with van der Waals surface area (Å²) in [5, 5.41) is 3.27. The Morgan fingerprint density at radius 3 is 2.95 bits per heavy atom. The summed E-state index contributed by atoms with van der Waals surface area (Å²) in [6.45, 7) is 6.51. The zero-order chi connectivity index (χ0) is 15.4. The van der Waals surface area contributed by atoms with Crippen molar-refractivity contribution in [3.63, 3.8) is 0 Å². The number of rotatable bonds is 5. The van der Waals surface area contributed by atoms with Crippen LogP contribution in [0.4, 0.5) is 5.69 Å². The van der Waals surface area contributed by atoms with E-state index >= 15 is 0 Å². The topological polar surface area (TPSA) is 62.3 Å². The molecular weight excluding hydrogens is 286 g/mol. The Morgan fingerprint density at radius 2 is 2.29 bits per heavy atom. The molecule has 1 N–H and O–H groups in total. The van der Waals surface area contributed by atoms with E-state index in [4.69, 9.17) is 0 Å². The first-order valence-electron chi connectivity index (χ1n) is 7.25. The van der Waals surface area contributed by atoms with Crippen molar-refractivity contribution in [3.05, 3.63) is 18.3 Å². The van der Waals surface area contributed by atoms with Gasteiger partial charge in [-0.1, -0.05) is 18.7 Å². The number of thioether (sulfide) groups is 1. The van der Waals surface area contributed by atoms with Gasteiger partial charge in [0.05, 0.1) is 10.9 Å². The Morgan fingerprint density at radius 1 is 1.52 bits per heavy atom. The average Bonchev–Trinajstić information content (AvgIpc) is 2.42. The molecule has 2 heterocycles. The maximum Gasteiger partial charge on any atom is 0.241 e. The van der Waals surface area contributed by atoms with Crippen LogP contribution in [0.2, 0.25) is 0 Å². The van der Waals surface area contributed by atoms with E-state index in [0.29, 0.717) is 6.54 Å². The smallest absolute Gasteiger partial charge is 0.241 e. The summed E-state index contributed by atoms with van der Waals surface area (Å²) >= 11 is 1.39. The second kappa shape index (κ2) is 6.93. The van der Waals surface area contributed by atoms with Gasteiger partial charge in [0.25, 0.3) is 0 Å². The molecule has 0 spiro atoms.